The summed E-state index contributed by atoms with van der Waals surface area (Å²) in [5.74, 6) is -1.11. The van der Waals surface area contributed by atoms with Gasteiger partial charge in [-0.25, -0.2) is 23.2 Å². The van der Waals surface area contributed by atoms with Crippen molar-refractivity contribution in [3.05, 3.63) is 75.8 Å². The summed E-state index contributed by atoms with van der Waals surface area (Å²) < 4.78 is 73.0. The molecule has 0 aromatic carbocycles. The Balaban J connectivity index is 1.30. The number of pyridine rings is 1. The lowest BCUT2D eigenvalue weighted by Gasteiger charge is -2.46. The van der Waals surface area contributed by atoms with E-state index in [-0.39, 0.29) is 29.9 Å². The minimum Gasteiger partial charge on any atom is -0.290 e. The third-order valence-electron chi connectivity index (χ3n) is 8.35. The van der Waals surface area contributed by atoms with Gasteiger partial charge < -0.3 is 0 Å². The fourth-order valence-corrected chi connectivity index (χ4v) is 8.60. The number of alkyl halides is 3. The van der Waals surface area contributed by atoms with Crippen LogP contribution in [0.5, 0.6) is 0 Å². The predicted molar refractivity (Wildman–Crippen MR) is 149 cm³/mol. The van der Waals surface area contributed by atoms with Crippen molar-refractivity contribution in [1.82, 2.24) is 33.8 Å². The van der Waals surface area contributed by atoms with E-state index in [2.05, 4.69) is 20.2 Å². The third-order valence-corrected chi connectivity index (χ3v) is 11.0. The van der Waals surface area contributed by atoms with Gasteiger partial charge in [-0.3, -0.25) is 9.48 Å². The number of ketones is 1. The molecule has 0 spiro atoms. The largest absolute Gasteiger partial charge is 0.427 e. The molecule has 7 rings (SSSR count). The number of allylic oxidation sites excluding steroid dienone is 1. The van der Waals surface area contributed by atoms with Crippen LogP contribution in [0.2, 0.25) is 0 Å². The van der Waals surface area contributed by atoms with E-state index in [1.807, 2.05) is 10.4 Å². The average molecular weight is 632 g/mol. The lowest BCUT2D eigenvalue weighted by atomic mass is 9.61. The molecule has 3 aliphatic rings. The lowest BCUT2D eigenvalue weighted by Crippen LogP contribution is -2.50. The van der Waals surface area contributed by atoms with E-state index in [1.54, 1.807) is 41.1 Å². The number of hydrogen-bond acceptors (Lipinski definition) is 7. The molecule has 224 valence electrons. The Hall–Kier alpha value is -3.56. The second-order valence-electron chi connectivity index (χ2n) is 11.2. The van der Waals surface area contributed by atoms with E-state index in [0.717, 1.165) is 24.0 Å². The molecule has 0 amide bonds. The molecular formula is C28H25F4N7O2S2. The molecular weight excluding hydrogens is 606 g/mol. The summed E-state index contributed by atoms with van der Waals surface area (Å²) in [7, 11) is 0.223. The molecule has 4 aromatic rings. The van der Waals surface area contributed by atoms with Crippen molar-refractivity contribution in [2.45, 2.75) is 61.7 Å². The summed E-state index contributed by atoms with van der Waals surface area (Å²) in [5.41, 5.74) is 1.54. The molecule has 2 fully saturated rings. The molecule has 0 bridgehead atoms. The second kappa shape index (κ2) is 10.3. The van der Waals surface area contributed by atoms with Gasteiger partial charge in [0.25, 0.3) is 0 Å². The molecule has 0 radical (unpaired) electrons. The molecule has 43 heavy (non-hydrogen) atoms. The predicted octanol–water partition coefficient (Wildman–Crippen LogP) is 5.16. The van der Waals surface area contributed by atoms with Gasteiger partial charge >= 0.3 is 6.18 Å². The molecule has 3 unspecified atom stereocenters. The Morgan fingerprint density at radius 3 is 2.56 bits per heavy atom. The van der Waals surface area contributed by atoms with E-state index < -0.39 is 39.2 Å². The Kier molecular flexibility index (Phi) is 6.74. The molecule has 4 heterocycles. The molecule has 0 saturated heterocycles. The van der Waals surface area contributed by atoms with Crippen LogP contribution in [0.3, 0.4) is 0 Å². The zero-order chi connectivity index (χ0) is 30.1. The van der Waals surface area contributed by atoms with E-state index >= 15 is 0 Å². The Morgan fingerprint density at radius 2 is 1.91 bits per heavy atom. The smallest absolute Gasteiger partial charge is 0.290 e. The first-order chi connectivity index (χ1) is 20.5. The highest BCUT2D eigenvalue weighted by atomic mass is 32.2. The van der Waals surface area contributed by atoms with Gasteiger partial charge in [0.2, 0.25) is 11.7 Å². The Bertz CT molecular complexity index is 1770. The van der Waals surface area contributed by atoms with Gasteiger partial charge in [-0.15, -0.1) is 11.3 Å². The van der Waals surface area contributed by atoms with Crippen LogP contribution in [0.15, 0.2) is 53.6 Å². The van der Waals surface area contributed by atoms with Gasteiger partial charge in [-0.1, -0.05) is 5.57 Å². The topological polar surface area (TPSA) is 98.8 Å². The monoisotopic (exact) mass is 631 g/mol. The van der Waals surface area contributed by atoms with Crippen LogP contribution < -0.4 is 0 Å². The van der Waals surface area contributed by atoms with Crippen molar-refractivity contribution in [3.8, 4) is 5.69 Å². The normalized spacial score (nSPS) is 22.7. The zero-order valence-corrected chi connectivity index (χ0v) is 24.4. The van der Waals surface area contributed by atoms with Gasteiger partial charge in [0.05, 0.1) is 46.5 Å². The summed E-state index contributed by atoms with van der Waals surface area (Å²) in [6.45, 7) is 0. The summed E-state index contributed by atoms with van der Waals surface area (Å²) in [6.07, 6.45) is 7.51. The van der Waals surface area contributed by atoms with Crippen LogP contribution in [0, 0.1) is 11.4 Å². The van der Waals surface area contributed by atoms with E-state index in [9.17, 15) is 26.6 Å². The van der Waals surface area contributed by atoms with E-state index in [1.165, 1.54) is 12.3 Å². The second-order valence-corrected chi connectivity index (χ2v) is 13.6. The van der Waals surface area contributed by atoms with Crippen molar-refractivity contribution >= 4 is 34.2 Å². The van der Waals surface area contributed by atoms with Crippen LogP contribution in [0.4, 0.5) is 17.6 Å². The molecule has 0 aliphatic heterocycles. The highest BCUT2D eigenvalue weighted by Gasteiger charge is 2.53. The fraction of sp³-hybridized carbons (Fsp3) is 0.393. The summed E-state index contributed by atoms with van der Waals surface area (Å²) in [5, 5.41) is 8.45. The number of carbonyl (C=O) groups is 1. The maximum Gasteiger partial charge on any atom is 0.427 e. The molecule has 0 N–H and O–H groups in total. The van der Waals surface area contributed by atoms with Gasteiger partial charge in [0.1, 0.15) is 15.9 Å². The highest BCUT2D eigenvalue weighted by molar-refractivity contribution is 7.82. The lowest BCUT2D eigenvalue weighted by molar-refractivity contribution is -0.134. The first-order valence-corrected chi connectivity index (χ1v) is 15.6. The van der Waals surface area contributed by atoms with Crippen molar-refractivity contribution in [2.75, 3.05) is 0 Å². The number of halogens is 4. The molecule has 3 atom stereocenters. The summed E-state index contributed by atoms with van der Waals surface area (Å²) in [6, 6.07) is 2.59. The molecule has 3 aliphatic carbocycles. The molecule has 4 aromatic heterocycles. The number of carbonyl (C=O) groups excluding carboxylic acids is 1. The van der Waals surface area contributed by atoms with Crippen LogP contribution >= 0.6 is 11.3 Å². The Morgan fingerprint density at radius 1 is 1.09 bits per heavy atom. The highest BCUT2D eigenvalue weighted by Crippen LogP contribution is 2.53. The average Bonchev–Trinajstić information content (AvgIpc) is 3.33. The maximum atomic E-state index is 14.4. The van der Waals surface area contributed by atoms with E-state index in [0.29, 0.717) is 46.7 Å². The maximum absolute atomic E-state index is 14.4. The number of rotatable bonds is 7. The van der Waals surface area contributed by atoms with Crippen molar-refractivity contribution in [1.29, 1.82) is 0 Å². The minimum atomic E-state index is -4.62. The number of aromatic nitrogens is 6. The number of Topliss-reactive ketones (excluding diaryl/α,β-unsaturated/α-hetero) is 1. The first kappa shape index (κ1) is 28.2. The van der Waals surface area contributed by atoms with Crippen molar-refractivity contribution < 1.29 is 26.6 Å². The number of thiazole rings is 1. The van der Waals surface area contributed by atoms with Gasteiger partial charge in [0, 0.05) is 25.3 Å². The molecule has 9 nitrogen and oxygen atoms in total. The first-order valence-electron chi connectivity index (χ1n) is 13.7. The summed E-state index contributed by atoms with van der Waals surface area (Å²) in [4.78, 5) is 21.7. The molecule has 15 heteroatoms. The van der Waals surface area contributed by atoms with Gasteiger partial charge in [-0.05, 0) is 62.3 Å². The standard InChI is InChI=1S/C28H25F4N7O2S2/c1-37-15-21(13-35-37)43(41)39(18-4-5-18)19-3-2-17-8-22-16(11-36-38(22)20-6-7-24(29)33-12-20)9-27(17,10-19)25(40)26-34-14-23(42-26)28(30,31)32/h6-8,11-15,18-19H,2-5,9-10H2,1H3. The minimum absolute atomic E-state index is 0.0771. The van der Waals surface area contributed by atoms with E-state index in [4.69, 9.17) is 0 Å². The van der Waals surface area contributed by atoms with Gasteiger partial charge in [-0.2, -0.15) is 27.8 Å². The third kappa shape index (κ3) is 4.96. The number of hydrogen-bond donors (Lipinski definition) is 0. The quantitative estimate of drug-likeness (QED) is 0.159. The molecule has 2 saturated carbocycles. The SMILES string of the molecule is Cn1cc(S(=O)N(C2CC2)C2CCC3=Cc4c(cnn4-c4ccc(F)nc4)CC3(C(=O)c3ncc(C(F)(F)F)s3)C2)cn1. The zero-order valence-electron chi connectivity index (χ0n) is 22.8. The van der Waals surface area contributed by atoms with Crippen LogP contribution in [0.25, 0.3) is 11.8 Å². The van der Waals surface area contributed by atoms with Crippen LogP contribution in [-0.2, 0) is 30.6 Å². The fourth-order valence-electron chi connectivity index (χ4n) is 6.22. The van der Waals surface area contributed by atoms with Crippen LogP contribution in [-0.4, -0.2) is 55.9 Å². The Labute approximate surface area is 249 Å². The van der Waals surface area contributed by atoms with Crippen molar-refractivity contribution in [3.63, 3.8) is 0 Å². The summed E-state index contributed by atoms with van der Waals surface area (Å²) >= 11 is 0.349. The number of nitrogens with zero attached hydrogens (tertiary/aromatic N) is 7. The van der Waals surface area contributed by atoms with Crippen LogP contribution in [0.1, 0.15) is 58.0 Å². The number of fused-ring (bicyclic) bond motifs is 2. The van der Waals surface area contributed by atoms with Gasteiger partial charge in [0.15, 0.2) is 5.01 Å². The number of aryl methyl sites for hydroxylation is 1. The van der Waals surface area contributed by atoms with Crippen molar-refractivity contribution in [2.24, 2.45) is 12.5 Å².